The maximum absolute atomic E-state index is 14.3. The van der Waals surface area contributed by atoms with Gasteiger partial charge in [-0.2, -0.15) is 11.8 Å². The van der Waals surface area contributed by atoms with Gasteiger partial charge in [-0.3, -0.25) is 43.2 Å². The minimum absolute atomic E-state index is 0.0600. The Kier molecular flexibility index (Phi) is 25.1. The van der Waals surface area contributed by atoms with E-state index < -0.39 is 126 Å². The van der Waals surface area contributed by atoms with Gasteiger partial charge >= 0.3 is 5.97 Å². The minimum Gasteiger partial charge on any atom is -0.508 e. The maximum atomic E-state index is 14.3. The van der Waals surface area contributed by atoms with Crippen LogP contribution in [0, 0.1) is 0 Å². The molecule has 0 bridgehead atoms. The van der Waals surface area contributed by atoms with Gasteiger partial charge in [-0.1, -0.05) is 48.9 Å². The molecule has 0 spiro atoms. The molecule has 10 atom stereocenters. The van der Waals surface area contributed by atoms with Gasteiger partial charge in [0.2, 0.25) is 53.2 Å². The van der Waals surface area contributed by atoms with Crippen LogP contribution in [0.3, 0.4) is 0 Å². The summed E-state index contributed by atoms with van der Waals surface area (Å²) < 4.78 is 0. The van der Waals surface area contributed by atoms with Crippen LogP contribution in [0.15, 0.2) is 54.6 Å². The van der Waals surface area contributed by atoms with Crippen LogP contribution in [-0.4, -0.2) is 165 Å². The Morgan fingerprint density at radius 1 is 0.685 bits per heavy atom. The van der Waals surface area contributed by atoms with Crippen molar-refractivity contribution in [3.8, 4) is 5.75 Å². The van der Waals surface area contributed by atoms with Crippen molar-refractivity contribution in [3.63, 3.8) is 0 Å². The number of primary amides is 1. The minimum atomic E-state index is -1.75. The zero-order chi connectivity index (χ0) is 54.4. The molecule has 0 saturated carbocycles. The van der Waals surface area contributed by atoms with Crippen molar-refractivity contribution in [3.05, 3.63) is 65.7 Å². The zero-order valence-electron chi connectivity index (χ0n) is 41.5. The van der Waals surface area contributed by atoms with Crippen LogP contribution in [0.5, 0.6) is 5.75 Å². The van der Waals surface area contributed by atoms with Crippen LogP contribution in [-0.2, 0) is 60.8 Å². The Morgan fingerprint density at radius 3 is 1.84 bits per heavy atom. The van der Waals surface area contributed by atoms with Crippen LogP contribution < -0.4 is 54.4 Å². The van der Waals surface area contributed by atoms with Gasteiger partial charge in [0.1, 0.15) is 54.1 Å². The summed E-state index contributed by atoms with van der Waals surface area (Å²) in [6, 6.07) is 1.91. The maximum Gasteiger partial charge on any atom is 0.326 e. The lowest BCUT2D eigenvalue weighted by Crippen LogP contribution is -2.61. The number of carbonyl (C=O) groups is 10. The largest absolute Gasteiger partial charge is 0.508 e. The standard InChI is InChI=1S/C48H71N11O13S/c1-26(40(63)58-39(28(3)60)46(69)54-33(48(71)72)19-22-73-4)52-42(65)34(23-29-11-6-5-7-12-29)55-44(67)36(25-38(51)62)56-43(66)35(24-30-15-17-31(61)18-16-30)57-45(68)37-14-10-21-59(37)47(70)27(2)53-41(64)32(50)13-8-9-20-49/h5-7,11-12,15-18,26-28,32-37,39,60-61H,8-10,13-14,19-25,49-50H2,1-4H3,(H2,51,62)(H,52,65)(H,53,64)(H,54,69)(H,55,67)(H,56,66)(H,57,68)(H,58,63)(H,71,72)/t26-,27-,28+,32-,33-,34-,35-,36-,37-,39-/m0/s1. The fourth-order valence-corrected chi connectivity index (χ4v) is 8.22. The lowest BCUT2D eigenvalue weighted by Gasteiger charge is -2.29. The molecule has 0 radical (unpaired) electrons. The van der Waals surface area contributed by atoms with Crippen molar-refractivity contribution in [1.82, 2.24) is 42.1 Å². The number of carbonyl (C=O) groups excluding carboxylic acids is 9. The topological polar surface area (TPSA) is 397 Å². The highest BCUT2D eigenvalue weighted by molar-refractivity contribution is 7.98. The Bertz CT molecular complexity index is 2220. The molecule has 1 fully saturated rings. The van der Waals surface area contributed by atoms with Gasteiger partial charge in [0, 0.05) is 19.4 Å². The van der Waals surface area contributed by atoms with Gasteiger partial charge in [0.15, 0.2) is 0 Å². The lowest BCUT2D eigenvalue weighted by molar-refractivity contribution is -0.143. The van der Waals surface area contributed by atoms with Crippen molar-refractivity contribution < 1.29 is 63.3 Å². The van der Waals surface area contributed by atoms with Gasteiger partial charge in [-0.15, -0.1) is 0 Å². The monoisotopic (exact) mass is 1040 g/mol. The van der Waals surface area contributed by atoms with E-state index in [0.29, 0.717) is 49.1 Å². The molecule has 9 amide bonds. The summed E-state index contributed by atoms with van der Waals surface area (Å²) >= 11 is 1.35. The SMILES string of the molecule is CSCC[C@H](NC(=O)[C@@H](NC(=O)[C@H](C)NC(=O)[C@H](Cc1ccccc1)NC(=O)[C@H](CC(N)=O)NC(=O)[C@H](Cc1ccc(O)cc1)NC(=O)[C@@H]1CCCN1C(=O)[C@H](C)NC(=O)[C@@H](N)CCCCN)[C@@H](C)O)C(=O)O. The molecule has 25 heteroatoms. The van der Waals surface area contributed by atoms with Gasteiger partial charge < -0.3 is 74.6 Å². The summed E-state index contributed by atoms with van der Waals surface area (Å²) in [7, 11) is 0. The second-order valence-electron chi connectivity index (χ2n) is 17.9. The first kappa shape index (κ1) is 60.5. The Hall–Kier alpha value is -6.83. The zero-order valence-corrected chi connectivity index (χ0v) is 42.3. The molecular weight excluding hydrogens is 971 g/mol. The second-order valence-corrected chi connectivity index (χ2v) is 18.8. The third kappa shape index (κ3) is 20.0. The number of amides is 9. The van der Waals surface area contributed by atoms with Crippen LogP contribution in [0.2, 0.25) is 0 Å². The van der Waals surface area contributed by atoms with E-state index >= 15 is 0 Å². The smallest absolute Gasteiger partial charge is 0.326 e. The predicted molar refractivity (Wildman–Crippen MR) is 269 cm³/mol. The molecule has 0 aliphatic carbocycles. The molecule has 2 aromatic carbocycles. The molecule has 1 aliphatic heterocycles. The summed E-state index contributed by atoms with van der Waals surface area (Å²) in [6.45, 7) is 4.50. The number of phenolic OH excluding ortho intramolecular Hbond substituents is 1. The summed E-state index contributed by atoms with van der Waals surface area (Å²) in [4.78, 5) is 135. The number of aromatic hydroxyl groups is 1. The highest BCUT2D eigenvalue weighted by Gasteiger charge is 2.39. The predicted octanol–water partition coefficient (Wildman–Crippen LogP) is -2.85. The van der Waals surface area contributed by atoms with Gasteiger partial charge in [0.25, 0.3) is 0 Å². The molecule has 402 valence electrons. The van der Waals surface area contributed by atoms with E-state index in [1.807, 2.05) is 0 Å². The molecule has 16 N–H and O–H groups in total. The molecule has 2 aromatic rings. The highest BCUT2D eigenvalue weighted by atomic mass is 32.2. The van der Waals surface area contributed by atoms with Crippen molar-refractivity contribution >= 4 is 70.9 Å². The fraction of sp³-hybridized carbons (Fsp3) is 0.542. The Morgan fingerprint density at radius 2 is 1.25 bits per heavy atom. The highest BCUT2D eigenvalue weighted by Crippen LogP contribution is 2.20. The molecule has 1 aliphatic rings. The number of nitrogens with one attached hydrogen (secondary N) is 7. The Balaban J connectivity index is 1.84. The van der Waals surface area contributed by atoms with E-state index in [4.69, 9.17) is 17.2 Å². The van der Waals surface area contributed by atoms with Crippen LogP contribution in [0.4, 0.5) is 0 Å². The number of phenols is 1. The van der Waals surface area contributed by atoms with E-state index in [1.54, 1.807) is 36.6 Å². The van der Waals surface area contributed by atoms with Gasteiger partial charge in [-0.25, -0.2) is 4.79 Å². The molecule has 73 heavy (non-hydrogen) atoms. The first-order valence-corrected chi connectivity index (χ1v) is 25.3. The van der Waals surface area contributed by atoms with E-state index in [-0.39, 0.29) is 38.0 Å². The normalized spacial score (nSPS) is 16.9. The number of aliphatic carboxylic acids is 1. The summed E-state index contributed by atoms with van der Waals surface area (Å²) in [5.74, 6) is -8.86. The van der Waals surface area contributed by atoms with Crippen molar-refractivity contribution in [2.45, 2.75) is 139 Å². The molecule has 3 rings (SSSR count). The first-order chi connectivity index (χ1) is 34.6. The lowest BCUT2D eigenvalue weighted by atomic mass is 10.0. The molecule has 1 heterocycles. The number of aliphatic hydroxyl groups is 1. The molecule has 0 aromatic heterocycles. The van der Waals surface area contributed by atoms with Gasteiger partial charge in [-0.05, 0) is 94.7 Å². The van der Waals surface area contributed by atoms with Crippen LogP contribution in [0.25, 0.3) is 0 Å². The van der Waals surface area contributed by atoms with E-state index in [9.17, 15) is 63.3 Å². The number of thioether (sulfide) groups is 1. The number of hydrogen-bond acceptors (Lipinski definition) is 15. The van der Waals surface area contributed by atoms with Crippen LogP contribution >= 0.6 is 11.8 Å². The number of hydrogen-bond donors (Lipinski definition) is 13. The van der Waals surface area contributed by atoms with E-state index in [0.717, 1.165) is 0 Å². The van der Waals surface area contributed by atoms with Crippen molar-refractivity contribution in [2.75, 3.05) is 25.1 Å². The number of nitrogens with zero attached hydrogens (tertiary/aromatic N) is 1. The number of rotatable bonds is 30. The number of aliphatic hydroxyl groups excluding tert-OH is 1. The molecular formula is C48H71N11O13S. The fourth-order valence-electron chi connectivity index (χ4n) is 7.75. The van der Waals surface area contributed by atoms with E-state index in [2.05, 4.69) is 37.2 Å². The number of likely N-dealkylation sites (tertiary alicyclic amines) is 1. The first-order valence-electron chi connectivity index (χ1n) is 23.9. The van der Waals surface area contributed by atoms with Gasteiger partial charge in [0.05, 0.1) is 18.6 Å². The average Bonchev–Trinajstić information content (AvgIpc) is 3.84. The number of carboxylic acids is 1. The van der Waals surface area contributed by atoms with Crippen molar-refractivity contribution in [2.24, 2.45) is 17.2 Å². The van der Waals surface area contributed by atoms with E-state index in [1.165, 1.54) is 61.7 Å². The van der Waals surface area contributed by atoms with Crippen LogP contribution in [0.1, 0.15) is 76.8 Å². The third-order valence-electron chi connectivity index (χ3n) is 11.9. The molecule has 24 nitrogen and oxygen atoms in total. The summed E-state index contributed by atoms with van der Waals surface area (Å²) in [6.07, 6.45) is 1.36. The van der Waals surface area contributed by atoms with Crippen molar-refractivity contribution in [1.29, 1.82) is 0 Å². The summed E-state index contributed by atoms with van der Waals surface area (Å²) in [5.41, 5.74) is 18.1. The Labute approximate surface area is 427 Å². The third-order valence-corrected chi connectivity index (χ3v) is 12.5. The number of carboxylic acid groups (broad SMARTS) is 1. The second kappa shape index (κ2) is 30.3. The quantitative estimate of drug-likeness (QED) is 0.0350. The molecule has 1 saturated heterocycles. The number of benzene rings is 2. The molecule has 0 unspecified atom stereocenters. The number of unbranched alkanes of at least 4 members (excludes halogenated alkanes) is 1. The number of nitrogens with two attached hydrogens (primary N) is 3. The summed E-state index contributed by atoms with van der Waals surface area (Å²) in [5, 5.41) is 47.2. The average molecular weight is 1040 g/mol.